The zero-order valence-corrected chi connectivity index (χ0v) is 11.4. The van der Waals surface area contributed by atoms with Gasteiger partial charge in [-0.05, 0) is 31.4 Å². The molecule has 1 aliphatic rings. The molecule has 1 aromatic heterocycles. The van der Waals surface area contributed by atoms with Crippen LogP contribution >= 0.6 is 11.3 Å². The van der Waals surface area contributed by atoms with E-state index in [0.29, 0.717) is 5.56 Å². The third kappa shape index (κ3) is 2.45. The maximum atomic E-state index is 12.5. The molecule has 2 nitrogen and oxygen atoms in total. The van der Waals surface area contributed by atoms with Gasteiger partial charge in [-0.25, -0.2) is 4.98 Å². The van der Waals surface area contributed by atoms with Gasteiger partial charge in [-0.2, -0.15) is 13.2 Å². The molecule has 0 fully saturated rings. The van der Waals surface area contributed by atoms with Crippen LogP contribution in [0.15, 0.2) is 24.3 Å². The van der Waals surface area contributed by atoms with E-state index in [2.05, 4.69) is 4.98 Å². The van der Waals surface area contributed by atoms with E-state index in [1.807, 2.05) is 0 Å². The number of nitrogens with two attached hydrogens (primary N) is 1. The van der Waals surface area contributed by atoms with Gasteiger partial charge in [0.15, 0.2) is 0 Å². The van der Waals surface area contributed by atoms with Gasteiger partial charge < -0.3 is 5.73 Å². The topological polar surface area (TPSA) is 38.9 Å². The molecule has 0 saturated heterocycles. The SMILES string of the molecule is NC1CCCc2nc(-c3ccc(C(F)(F)F)cc3)sc21. The normalized spacial score (nSPS) is 18.9. The standard InChI is InChI=1S/C14H13F3N2S/c15-14(16,17)9-6-4-8(5-7-9)13-19-11-3-1-2-10(18)12(11)20-13/h4-7,10H,1-3,18H2. The van der Waals surface area contributed by atoms with E-state index in [9.17, 15) is 13.2 Å². The van der Waals surface area contributed by atoms with Crippen LogP contribution in [0.4, 0.5) is 13.2 Å². The van der Waals surface area contributed by atoms with E-state index >= 15 is 0 Å². The second kappa shape index (κ2) is 4.86. The Bertz CT molecular complexity index is 616. The highest BCUT2D eigenvalue weighted by atomic mass is 32.1. The van der Waals surface area contributed by atoms with Crippen LogP contribution in [0.25, 0.3) is 10.6 Å². The highest BCUT2D eigenvalue weighted by Gasteiger charge is 2.30. The number of rotatable bonds is 1. The van der Waals surface area contributed by atoms with Crippen LogP contribution < -0.4 is 5.73 Å². The largest absolute Gasteiger partial charge is 0.416 e. The monoisotopic (exact) mass is 298 g/mol. The quantitative estimate of drug-likeness (QED) is 0.858. The van der Waals surface area contributed by atoms with Crippen molar-refractivity contribution >= 4 is 11.3 Å². The number of aromatic nitrogens is 1. The fraction of sp³-hybridized carbons (Fsp3) is 0.357. The molecule has 1 aromatic carbocycles. The molecule has 2 aromatic rings. The first kappa shape index (κ1) is 13.6. The molecule has 1 heterocycles. The lowest BCUT2D eigenvalue weighted by molar-refractivity contribution is -0.137. The van der Waals surface area contributed by atoms with Gasteiger partial charge in [0.25, 0.3) is 0 Å². The zero-order chi connectivity index (χ0) is 14.3. The fourth-order valence-corrected chi connectivity index (χ4v) is 3.53. The lowest BCUT2D eigenvalue weighted by Crippen LogP contribution is -2.15. The van der Waals surface area contributed by atoms with E-state index in [-0.39, 0.29) is 6.04 Å². The molecular formula is C14H13F3N2S. The van der Waals surface area contributed by atoms with Gasteiger partial charge in [-0.1, -0.05) is 12.1 Å². The number of hydrogen-bond donors (Lipinski definition) is 1. The second-order valence-corrected chi connectivity index (χ2v) is 5.93. The fourth-order valence-electron chi connectivity index (χ4n) is 2.38. The smallest absolute Gasteiger partial charge is 0.323 e. The molecule has 1 aliphatic carbocycles. The Morgan fingerprint density at radius 3 is 2.50 bits per heavy atom. The van der Waals surface area contributed by atoms with Crippen LogP contribution in [0, 0.1) is 0 Å². The molecule has 1 unspecified atom stereocenters. The van der Waals surface area contributed by atoms with Crippen molar-refractivity contribution in [3.8, 4) is 10.6 Å². The minimum atomic E-state index is -4.30. The third-order valence-corrected chi connectivity index (χ3v) is 4.73. The summed E-state index contributed by atoms with van der Waals surface area (Å²) >= 11 is 1.49. The molecule has 6 heteroatoms. The van der Waals surface area contributed by atoms with Gasteiger partial charge in [-0.3, -0.25) is 0 Å². The first-order valence-corrected chi connectivity index (χ1v) is 7.19. The molecule has 3 rings (SSSR count). The number of fused-ring (bicyclic) bond motifs is 1. The van der Waals surface area contributed by atoms with E-state index in [1.165, 1.54) is 23.5 Å². The van der Waals surface area contributed by atoms with Crippen LogP contribution in [0.3, 0.4) is 0 Å². The van der Waals surface area contributed by atoms with Crippen LogP contribution in [0.2, 0.25) is 0 Å². The van der Waals surface area contributed by atoms with Crippen LogP contribution in [0.5, 0.6) is 0 Å². The van der Waals surface area contributed by atoms with Gasteiger partial charge in [0.1, 0.15) is 5.01 Å². The summed E-state index contributed by atoms with van der Waals surface area (Å²) in [6.07, 6.45) is -1.44. The molecule has 0 bridgehead atoms. The first-order chi connectivity index (χ1) is 9.45. The second-order valence-electron chi connectivity index (χ2n) is 4.90. The summed E-state index contributed by atoms with van der Waals surface area (Å²) in [5.41, 5.74) is 7.12. The summed E-state index contributed by atoms with van der Waals surface area (Å²) in [5.74, 6) is 0. The maximum Gasteiger partial charge on any atom is 0.416 e. The van der Waals surface area contributed by atoms with Crippen LogP contribution in [-0.2, 0) is 12.6 Å². The Labute approximate surface area is 118 Å². The average Bonchev–Trinajstić information content (AvgIpc) is 2.83. The summed E-state index contributed by atoms with van der Waals surface area (Å²) in [7, 11) is 0. The average molecular weight is 298 g/mol. The van der Waals surface area contributed by atoms with E-state index < -0.39 is 11.7 Å². The summed E-state index contributed by atoms with van der Waals surface area (Å²) in [5, 5.41) is 0.751. The Morgan fingerprint density at radius 1 is 1.20 bits per heavy atom. The minimum absolute atomic E-state index is 0.0134. The molecule has 2 N–H and O–H groups in total. The number of aryl methyl sites for hydroxylation is 1. The van der Waals surface area contributed by atoms with E-state index in [1.54, 1.807) is 0 Å². The van der Waals surface area contributed by atoms with Crippen molar-refractivity contribution in [1.82, 2.24) is 4.98 Å². The molecule has 0 amide bonds. The molecule has 1 atom stereocenters. The number of nitrogens with zero attached hydrogens (tertiary/aromatic N) is 1. The number of hydrogen-bond acceptors (Lipinski definition) is 3. The lowest BCUT2D eigenvalue weighted by Gasteiger charge is -2.15. The Hall–Kier alpha value is -1.40. The molecular weight excluding hydrogens is 285 g/mol. The molecule has 0 spiro atoms. The van der Waals surface area contributed by atoms with Crippen molar-refractivity contribution in [1.29, 1.82) is 0 Å². The Morgan fingerprint density at radius 2 is 1.90 bits per heavy atom. The number of alkyl halides is 3. The molecule has 0 radical (unpaired) electrons. The summed E-state index contributed by atoms with van der Waals surface area (Å²) < 4.78 is 37.6. The van der Waals surface area contributed by atoms with Crippen LogP contribution in [-0.4, -0.2) is 4.98 Å². The predicted octanol–water partition coefficient (Wildman–Crippen LogP) is 4.17. The lowest BCUT2D eigenvalue weighted by atomic mass is 9.99. The number of thiazole rings is 1. The third-order valence-electron chi connectivity index (χ3n) is 3.45. The highest BCUT2D eigenvalue weighted by Crippen LogP contribution is 2.37. The summed E-state index contributed by atoms with van der Waals surface area (Å²) in [6.45, 7) is 0. The van der Waals surface area contributed by atoms with Gasteiger partial charge in [0.2, 0.25) is 0 Å². The van der Waals surface area contributed by atoms with Gasteiger partial charge in [0.05, 0.1) is 11.3 Å². The van der Waals surface area contributed by atoms with Crippen molar-refractivity contribution < 1.29 is 13.2 Å². The van der Waals surface area contributed by atoms with Gasteiger partial charge >= 0.3 is 6.18 Å². The zero-order valence-electron chi connectivity index (χ0n) is 10.6. The Balaban J connectivity index is 1.94. The molecule has 0 aliphatic heterocycles. The predicted molar refractivity (Wildman–Crippen MR) is 72.4 cm³/mol. The van der Waals surface area contributed by atoms with Gasteiger partial charge in [0, 0.05) is 16.5 Å². The van der Waals surface area contributed by atoms with E-state index in [0.717, 1.165) is 47.0 Å². The highest BCUT2D eigenvalue weighted by molar-refractivity contribution is 7.15. The number of benzene rings is 1. The maximum absolute atomic E-state index is 12.5. The van der Waals surface area contributed by atoms with Crippen molar-refractivity contribution in [3.05, 3.63) is 40.4 Å². The molecule has 20 heavy (non-hydrogen) atoms. The first-order valence-electron chi connectivity index (χ1n) is 6.38. The van der Waals surface area contributed by atoms with Crippen molar-refractivity contribution in [3.63, 3.8) is 0 Å². The molecule has 0 saturated carbocycles. The van der Waals surface area contributed by atoms with Crippen molar-refractivity contribution in [2.45, 2.75) is 31.5 Å². The Kier molecular flexibility index (Phi) is 3.30. The van der Waals surface area contributed by atoms with Crippen molar-refractivity contribution in [2.24, 2.45) is 5.73 Å². The molecule has 106 valence electrons. The summed E-state index contributed by atoms with van der Waals surface area (Å²) in [4.78, 5) is 5.60. The summed E-state index contributed by atoms with van der Waals surface area (Å²) in [6, 6.07) is 5.14. The van der Waals surface area contributed by atoms with E-state index in [4.69, 9.17) is 5.73 Å². The number of halogens is 3. The minimum Gasteiger partial charge on any atom is -0.323 e. The van der Waals surface area contributed by atoms with Gasteiger partial charge in [-0.15, -0.1) is 11.3 Å². The van der Waals surface area contributed by atoms with Crippen LogP contribution in [0.1, 0.15) is 35.0 Å². The van der Waals surface area contributed by atoms with Crippen molar-refractivity contribution in [2.75, 3.05) is 0 Å².